The molecule has 2 unspecified atom stereocenters. The summed E-state index contributed by atoms with van der Waals surface area (Å²) in [5.41, 5.74) is 30.9. The van der Waals surface area contributed by atoms with Crippen molar-refractivity contribution in [2.45, 2.75) is 38.5 Å². The van der Waals surface area contributed by atoms with E-state index in [0.29, 0.717) is 0 Å². The second-order valence-corrected chi connectivity index (χ2v) is 36.9. The summed E-state index contributed by atoms with van der Waals surface area (Å²) in [6.07, 6.45) is 3.72. The van der Waals surface area contributed by atoms with Gasteiger partial charge in [-0.25, -0.2) is 0 Å². The van der Waals surface area contributed by atoms with E-state index in [0.717, 1.165) is 109 Å². The molecule has 16 aromatic carbocycles. The zero-order chi connectivity index (χ0) is 74.9. The standard InChI is InChI=1S/C55H38NOP.C50H35N2OP/c1-55(2)48-33-39(24-28-43(48)44-29-25-40(34-49(44)55)38-21-20-35-12-6-7-13-37(35)32-38)36-22-26-41(27-23-36)56-50-18-10-8-17-47(50)53-51(56)31-30-46-45-16-9-11-19-52(45)58(57,54(46)53)42-14-4-3-5-15-42;1-50(2)43-30-34(18-22-38(43)39-23-19-35(31-44(39)50)33-26-28-51-29-27-33)32-16-20-36(21-17-32)52-45-14-8-6-13-42(45)48-46(52)25-24-41-40-12-7-9-15-47(40)54(53,49(41)48)37-10-4-3-5-11-37/h3-34H,1-2H3;3-31H,1-2H3. The third-order valence-corrected chi connectivity index (χ3v) is 31.3. The van der Waals surface area contributed by atoms with E-state index in [9.17, 15) is 0 Å². The zero-order valence-electron chi connectivity index (χ0n) is 62.3. The Kier molecular flexibility index (Phi) is 14.6. The first-order valence-corrected chi connectivity index (χ1v) is 42.1. The molecular formula is C105H73N3O2P2. The van der Waals surface area contributed by atoms with Gasteiger partial charge in [0.1, 0.15) is 0 Å². The van der Waals surface area contributed by atoms with Crippen molar-refractivity contribution in [2.75, 3.05) is 0 Å². The predicted octanol–water partition coefficient (Wildman–Crippen LogP) is 24.6. The Hall–Kier alpha value is -13.0. The van der Waals surface area contributed by atoms with Gasteiger partial charge in [0.2, 0.25) is 0 Å². The molecule has 2 aliphatic heterocycles. The predicted molar refractivity (Wildman–Crippen MR) is 471 cm³/mol. The van der Waals surface area contributed by atoms with Crippen molar-refractivity contribution < 1.29 is 9.13 Å². The Labute approximate surface area is 650 Å². The Balaban J connectivity index is 0.000000138. The quantitative estimate of drug-likeness (QED) is 0.142. The summed E-state index contributed by atoms with van der Waals surface area (Å²) in [5, 5.41) is 12.4. The van der Waals surface area contributed by atoms with Crippen LogP contribution in [0.3, 0.4) is 0 Å². The van der Waals surface area contributed by atoms with Crippen LogP contribution in [-0.2, 0) is 20.0 Å². The molecule has 5 nitrogen and oxygen atoms in total. The van der Waals surface area contributed by atoms with E-state index in [4.69, 9.17) is 0 Å². The van der Waals surface area contributed by atoms with Gasteiger partial charge in [0.25, 0.3) is 0 Å². The van der Waals surface area contributed by atoms with Gasteiger partial charge in [0, 0.05) is 88.0 Å². The smallest absolute Gasteiger partial charge is 0.172 e. The third kappa shape index (κ3) is 9.61. The van der Waals surface area contributed by atoms with Crippen molar-refractivity contribution in [3.8, 4) is 100 Å². The molecule has 0 bridgehead atoms. The van der Waals surface area contributed by atoms with E-state index < -0.39 is 14.3 Å². The molecule has 23 rings (SSSR count). The fraction of sp³-hybridized carbons (Fsp3) is 0.0571. The lowest BCUT2D eigenvalue weighted by Crippen LogP contribution is -2.21. The zero-order valence-corrected chi connectivity index (χ0v) is 64.1. The Bertz CT molecular complexity index is 7290. The van der Waals surface area contributed by atoms with Crippen molar-refractivity contribution in [1.29, 1.82) is 0 Å². The minimum atomic E-state index is -3.16. The summed E-state index contributed by atoms with van der Waals surface area (Å²) in [4.78, 5) is 4.21. The molecule has 0 fully saturated rings. The highest BCUT2D eigenvalue weighted by Crippen LogP contribution is 2.59. The minimum absolute atomic E-state index is 0.133. The van der Waals surface area contributed by atoms with Gasteiger partial charge in [0.05, 0.1) is 22.1 Å². The molecule has 5 heterocycles. The van der Waals surface area contributed by atoms with Gasteiger partial charge in [-0.1, -0.05) is 295 Å². The van der Waals surface area contributed by atoms with Crippen molar-refractivity contribution in [3.63, 3.8) is 0 Å². The van der Waals surface area contributed by atoms with Crippen molar-refractivity contribution >= 4 is 100 Å². The van der Waals surface area contributed by atoms with Crippen molar-refractivity contribution in [1.82, 2.24) is 14.1 Å². The van der Waals surface area contributed by atoms with Crippen LogP contribution in [-0.4, -0.2) is 14.1 Å². The monoisotopic (exact) mass is 1470 g/mol. The molecule has 19 aromatic rings. The molecule has 530 valence electrons. The second-order valence-electron chi connectivity index (χ2n) is 31.5. The van der Waals surface area contributed by atoms with Crippen LogP contribution in [0.5, 0.6) is 0 Å². The first-order chi connectivity index (χ1) is 54.8. The number of nitrogens with zero attached hydrogens (tertiary/aromatic N) is 3. The summed E-state index contributed by atoms with van der Waals surface area (Å²) in [5.74, 6) is 0. The highest BCUT2D eigenvalue weighted by atomic mass is 31.2. The third-order valence-electron chi connectivity index (χ3n) is 24.9. The molecular weight excluding hydrogens is 1400 g/mol. The normalized spacial score (nSPS) is 16.1. The van der Waals surface area contributed by atoms with Crippen LogP contribution >= 0.6 is 14.3 Å². The molecule has 2 atom stereocenters. The largest absolute Gasteiger partial charge is 0.309 e. The Morgan fingerprint density at radius 2 is 0.589 bits per heavy atom. The molecule has 0 radical (unpaired) electrons. The average molecular weight is 1470 g/mol. The van der Waals surface area contributed by atoms with E-state index in [1.165, 1.54) is 99.8 Å². The number of aromatic nitrogens is 3. The molecule has 7 heteroatoms. The Morgan fingerprint density at radius 3 is 1.03 bits per heavy atom. The highest BCUT2D eigenvalue weighted by molar-refractivity contribution is 7.87. The molecule has 4 aliphatic rings. The maximum absolute atomic E-state index is 15.8. The number of rotatable bonds is 8. The lowest BCUT2D eigenvalue weighted by molar-refractivity contribution is 0.592. The summed E-state index contributed by atoms with van der Waals surface area (Å²) < 4.78 is 36.2. The lowest BCUT2D eigenvalue weighted by atomic mass is 9.81. The summed E-state index contributed by atoms with van der Waals surface area (Å²) in [6.45, 7) is 9.41. The van der Waals surface area contributed by atoms with Crippen LogP contribution in [0.1, 0.15) is 49.9 Å². The minimum Gasteiger partial charge on any atom is -0.309 e. The van der Waals surface area contributed by atoms with Gasteiger partial charge in [-0.3, -0.25) is 4.98 Å². The van der Waals surface area contributed by atoms with Crippen LogP contribution in [0.15, 0.2) is 370 Å². The first-order valence-electron chi connectivity index (χ1n) is 38.7. The highest BCUT2D eigenvalue weighted by Gasteiger charge is 2.45. The number of hydrogen-bond donors (Lipinski definition) is 0. The maximum Gasteiger partial charge on any atom is 0.172 e. The average Bonchev–Trinajstić information content (AvgIpc) is 1.54. The topological polar surface area (TPSA) is 56.9 Å². The summed E-state index contributed by atoms with van der Waals surface area (Å²) in [7, 11) is -6.31. The molecule has 0 saturated heterocycles. The van der Waals surface area contributed by atoms with Crippen LogP contribution < -0.4 is 31.8 Å². The van der Waals surface area contributed by atoms with Crippen LogP contribution in [0.2, 0.25) is 0 Å². The maximum atomic E-state index is 15.8. The number of benzene rings is 16. The SMILES string of the molecule is CC1(C)c2cc(-c3ccc(-n4c5ccccc5c5c6c(ccc54)-c4ccccc4P6(=O)c4ccccc4)cc3)ccc2-c2ccc(-c3ccc4ccccc4c3)cc21.CC1(C)c2cc(-c3ccncc3)ccc2-c2ccc(-c3ccc(-n4c5ccccc5c5c6c(ccc54)-c4ccccc4P6(=O)c4ccccc4)cc3)cc21. The van der Waals surface area contributed by atoms with E-state index in [2.05, 4.69) is 327 Å². The molecule has 3 aromatic heterocycles. The fourth-order valence-corrected chi connectivity index (χ4v) is 26.0. The van der Waals surface area contributed by atoms with E-state index in [-0.39, 0.29) is 10.8 Å². The van der Waals surface area contributed by atoms with Crippen LogP contribution in [0.25, 0.3) is 155 Å². The van der Waals surface area contributed by atoms with E-state index in [1.54, 1.807) is 0 Å². The Morgan fingerprint density at radius 1 is 0.259 bits per heavy atom. The fourth-order valence-electron chi connectivity index (χ4n) is 19.4. The lowest BCUT2D eigenvalue weighted by Gasteiger charge is -2.22. The first kappa shape index (κ1) is 66.0. The van der Waals surface area contributed by atoms with Crippen molar-refractivity contribution in [3.05, 3.63) is 393 Å². The van der Waals surface area contributed by atoms with Crippen LogP contribution in [0, 0.1) is 0 Å². The molecule has 0 N–H and O–H groups in total. The number of pyridine rings is 1. The van der Waals surface area contributed by atoms with Gasteiger partial charge >= 0.3 is 0 Å². The van der Waals surface area contributed by atoms with E-state index >= 15 is 9.13 Å². The second kappa shape index (κ2) is 24.7. The van der Waals surface area contributed by atoms with Gasteiger partial charge in [-0.15, -0.1) is 0 Å². The van der Waals surface area contributed by atoms with Crippen LogP contribution in [0.4, 0.5) is 0 Å². The molecule has 112 heavy (non-hydrogen) atoms. The molecule has 0 saturated carbocycles. The summed E-state index contributed by atoms with van der Waals surface area (Å²) >= 11 is 0. The summed E-state index contributed by atoms with van der Waals surface area (Å²) in [6, 6.07) is 128. The van der Waals surface area contributed by atoms with Crippen molar-refractivity contribution in [2.24, 2.45) is 0 Å². The molecule has 0 amide bonds. The van der Waals surface area contributed by atoms with Gasteiger partial charge in [0.15, 0.2) is 14.3 Å². The van der Waals surface area contributed by atoms with E-state index in [1.807, 2.05) is 85.2 Å². The van der Waals surface area contributed by atoms with Gasteiger partial charge < -0.3 is 18.3 Å². The number of para-hydroxylation sites is 2. The number of hydrogen-bond acceptors (Lipinski definition) is 3. The van der Waals surface area contributed by atoms with Gasteiger partial charge in [-0.2, -0.15) is 0 Å². The van der Waals surface area contributed by atoms with Gasteiger partial charge in [-0.05, 0) is 213 Å². The molecule has 2 aliphatic carbocycles. The number of fused-ring (bicyclic) bond motifs is 21. The molecule has 0 spiro atoms.